The predicted octanol–water partition coefficient (Wildman–Crippen LogP) is 4.40. The van der Waals surface area contributed by atoms with Gasteiger partial charge in [-0.15, -0.1) is 22.7 Å². The first kappa shape index (κ1) is 22.5. The average Bonchev–Trinajstić information content (AvgIpc) is 3.66. The maximum absolute atomic E-state index is 12.9. The lowest BCUT2D eigenvalue weighted by atomic mass is 10.0. The fourth-order valence-electron chi connectivity index (χ4n) is 5.68. The summed E-state index contributed by atoms with van der Waals surface area (Å²) in [7, 11) is 1.00. The molecule has 0 fully saturated rings. The number of carbonyl (C=O) groups excluding carboxylic acids is 4. The normalized spacial score (nSPS) is 17.0. The number of carbonyl (C=O) groups is 4. The van der Waals surface area contributed by atoms with E-state index in [1.165, 1.54) is 44.0 Å². The second kappa shape index (κ2) is 7.22. The van der Waals surface area contributed by atoms with Crippen LogP contribution in [0.1, 0.15) is 41.4 Å². The number of imide groups is 2. The van der Waals surface area contributed by atoms with Crippen molar-refractivity contribution in [2.24, 2.45) is 0 Å². The molecule has 5 heterocycles. The first-order valence-corrected chi connectivity index (χ1v) is 16.4. The lowest BCUT2D eigenvalue weighted by molar-refractivity contribution is 0.0678. The third kappa shape index (κ3) is 2.73. The van der Waals surface area contributed by atoms with Gasteiger partial charge in [-0.1, -0.05) is 37.4 Å². The van der Waals surface area contributed by atoms with Crippen molar-refractivity contribution < 1.29 is 19.2 Å². The number of thiophene rings is 2. The van der Waals surface area contributed by atoms with Gasteiger partial charge in [0.1, 0.15) is 8.07 Å². The number of fused-ring (bicyclic) bond motifs is 5. The minimum Gasteiger partial charge on any atom is -0.277 e. The molecule has 2 aromatic heterocycles. The molecule has 7 rings (SSSR count). The first-order valence-electron chi connectivity index (χ1n) is 11.8. The molecular weight excluding hydrogens is 521 g/mol. The number of hydrogen-bond acceptors (Lipinski definition) is 6. The predicted molar refractivity (Wildman–Crippen MR) is 148 cm³/mol. The van der Waals surface area contributed by atoms with Crippen LogP contribution in [0.2, 0.25) is 13.1 Å². The Morgan fingerprint density at radius 2 is 1.11 bits per heavy atom. The Morgan fingerprint density at radius 3 is 1.65 bits per heavy atom. The molecular formula is C28H20N2O4S2Si. The van der Waals surface area contributed by atoms with E-state index in [0.29, 0.717) is 22.3 Å². The van der Waals surface area contributed by atoms with Crippen LogP contribution in [0, 0.1) is 0 Å². The molecule has 0 aliphatic carbocycles. The van der Waals surface area contributed by atoms with Crippen LogP contribution in [-0.2, 0) is 0 Å². The quantitative estimate of drug-likeness (QED) is 0.279. The van der Waals surface area contributed by atoms with E-state index in [-0.39, 0.29) is 23.6 Å². The van der Waals surface area contributed by atoms with Gasteiger partial charge in [0.05, 0.1) is 22.3 Å². The molecule has 4 aromatic rings. The largest absolute Gasteiger partial charge is 0.277 e. The van der Waals surface area contributed by atoms with Crippen LogP contribution in [0.15, 0.2) is 48.5 Å². The lowest BCUT2D eigenvalue weighted by Gasteiger charge is -2.16. The molecule has 0 radical (unpaired) electrons. The maximum Gasteiger partial charge on any atom is 0.261 e. The van der Waals surface area contributed by atoms with Gasteiger partial charge < -0.3 is 0 Å². The number of amides is 4. The molecule has 4 amide bonds. The van der Waals surface area contributed by atoms with E-state index >= 15 is 0 Å². The van der Waals surface area contributed by atoms with Gasteiger partial charge in [0, 0.05) is 49.9 Å². The number of nitrogens with zero attached hydrogens (tertiary/aromatic N) is 2. The molecule has 0 N–H and O–H groups in total. The minimum atomic E-state index is -2.04. The Balaban J connectivity index is 1.38. The highest BCUT2D eigenvalue weighted by Crippen LogP contribution is 2.45. The Labute approximate surface area is 221 Å². The highest BCUT2D eigenvalue weighted by atomic mass is 32.1. The van der Waals surface area contributed by atoms with Crippen molar-refractivity contribution in [1.29, 1.82) is 0 Å². The van der Waals surface area contributed by atoms with Crippen molar-refractivity contribution in [2.45, 2.75) is 13.1 Å². The van der Waals surface area contributed by atoms with Gasteiger partial charge in [0.2, 0.25) is 0 Å². The van der Waals surface area contributed by atoms with Crippen LogP contribution < -0.4 is 9.69 Å². The van der Waals surface area contributed by atoms with Crippen LogP contribution >= 0.6 is 22.7 Å². The molecule has 37 heavy (non-hydrogen) atoms. The number of rotatable bonds is 2. The minimum absolute atomic E-state index is 0.262. The standard InChI is InChI=1S/C28H20N2O4S2Si/c1-29-24(31)15-9-5-7-13(21(15)26(29)33)18-11-17-23-20(37(3,4)28(17)36-18)12-19(35-23)14-8-6-10-16-22(14)27(34)30(2)25(16)32/h5-12H,1-4H3. The molecule has 6 nitrogen and oxygen atoms in total. The van der Waals surface area contributed by atoms with Gasteiger partial charge in [0.15, 0.2) is 0 Å². The number of hydrogen-bond donors (Lipinski definition) is 0. The van der Waals surface area contributed by atoms with Crippen molar-refractivity contribution in [3.63, 3.8) is 0 Å². The second-order valence-electron chi connectivity index (χ2n) is 10.1. The van der Waals surface area contributed by atoms with E-state index in [4.69, 9.17) is 0 Å². The fraction of sp³-hybridized carbons (Fsp3) is 0.143. The van der Waals surface area contributed by atoms with Crippen molar-refractivity contribution in [3.8, 4) is 31.3 Å². The molecule has 2 aromatic carbocycles. The molecule has 0 unspecified atom stereocenters. The zero-order valence-electron chi connectivity index (χ0n) is 20.5. The van der Waals surface area contributed by atoms with Crippen LogP contribution in [0.3, 0.4) is 0 Å². The van der Waals surface area contributed by atoms with Crippen LogP contribution in [-0.4, -0.2) is 55.6 Å². The van der Waals surface area contributed by atoms with Crippen LogP contribution in [0.4, 0.5) is 0 Å². The molecule has 9 heteroatoms. The van der Waals surface area contributed by atoms with Crippen molar-refractivity contribution in [1.82, 2.24) is 9.80 Å². The summed E-state index contributed by atoms with van der Waals surface area (Å²) in [6.45, 7) is 4.65. The Bertz CT molecular complexity index is 1650. The molecule has 182 valence electrons. The van der Waals surface area contributed by atoms with Crippen molar-refractivity contribution in [2.75, 3.05) is 14.1 Å². The van der Waals surface area contributed by atoms with Crippen molar-refractivity contribution in [3.05, 3.63) is 70.8 Å². The highest BCUT2D eigenvalue weighted by Gasteiger charge is 2.43. The zero-order chi connectivity index (χ0) is 26.0. The van der Waals surface area contributed by atoms with Gasteiger partial charge in [-0.3, -0.25) is 29.0 Å². The second-order valence-corrected chi connectivity index (χ2v) is 16.9. The summed E-state index contributed by atoms with van der Waals surface area (Å²) in [5.74, 6) is -1.05. The van der Waals surface area contributed by atoms with E-state index in [1.54, 1.807) is 34.8 Å². The van der Waals surface area contributed by atoms with E-state index in [0.717, 1.165) is 20.9 Å². The fourth-order valence-corrected chi connectivity index (χ4v) is 12.9. The zero-order valence-corrected chi connectivity index (χ0v) is 23.1. The third-order valence-electron chi connectivity index (χ3n) is 7.72. The average molecular weight is 541 g/mol. The topological polar surface area (TPSA) is 74.8 Å². The van der Waals surface area contributed by atoms with Gasteiger partial charge in [0.25, 0.3) is 23.6 Å². The molecule has 3 aliphatic rings. The van der Waals surface area contributed by atoms with Gasteiger partial charge in [-0.05, 0) is 29.5 Å². The number of benzene rings is 2. The van der Waals surface area contributed by atoms with Crippen molar-refractivity contribution >= 4 is 64.1 Å². The maximum atomic E-state index is 12.9. The Kier molecular flexibility index (Phi) is 4.39. The summed E-state index contributed by atoms with van der Waals surface area (Å²) >= 11 is 3.37. The van der Waals surface area contributed by atoms with E-state index < -0.39 is 8.07 Å². The van der Waals surface area contributed by atoms with Gasteiger partial charge >= 0.3 is 0 Å². The smallest absolute Gasteiger partial charge is 0.261 e. The Hall–Kier alpha value is -3.66. The summed E-state index contributed by atoms with van der Waals surface area (Å²) in [5, 5.41) is 1.33. The van der Waals surface area contributed by atoms with E-state index in [2.05, 4.69) is 25.2 Å². The molecule has 3 aliphatic heterocycles. The third-order valence-corrected chi connectivity index (χ3v) is 15.1. The summed E-state index contributed by atoms with van der Waals surface area (Å²) in [4.78, 5) is 56.4. The van der Waals surface area contributed by atoms with E-state index in [9.17, 15) is 19.2 Å². The molecule has 0 atom stereocenters. The van der Waals surface area contributed by atoms with Gasteiger partial charge in [-0.25, -0.2) is 0 Å². The first-order chi connectivity index (χ1) is 17.6. The SMILES string of the molecule is CN1C(=O)c2cccc(-c3cc4c(s3)-c3cc(-c5cccc6c5C(=O)N(C)C6=O)sc3[Si]4(C)C)c2C1=O. The Morgan fingerprint density at radius 1 is 0.622 bits per heavy atom. The lowest BCUT2D eigenvalue weighted by Crippen LogP contribution is -2.47. The van der Waals surface area contributed by atoms with E-state index in [1.807, 2.05) is 24.3 Å². The molecule has 0 saturated heterocycles. The molecule has 0 spiro atoms. The van der Waals surface area contributed by atoms with Crippen LogP contribution in [0.5, 0.6) is 0 Å². The molecule has 0 saturated carbocycles. The van der Waals surface area contributed by atoms with Gasteiger partial charge in [-0.2, -0.15) is 0 Å². The highest BCUT2D eigenvalue weighted by molar-refractivity contribution is 7.35. The summed E-state index contributed by atoms with van der Waals surface area (Å²) in [6.07, 6.45) is 0. The summed E-state index contributed by atoms with van der Waals surface area (Å²) in [5.41, 5.74) is 4.65. The van der Waals surface area contributed by atoms with Crippen LogP contribution in [0.25, 0.3) is 31.3 Å². The summed E-state index contributed by atoms with van der Waals surface area (Å²) in [6, 6.07) is 15.3. The monoisotopic (exact) mass is 540 g/mol. The summed E-state index contributed by atoms with van der Waals surface area (Å²) < 4.78 is 1.35. The molecule has 0 bridgehead atoms.